The van der Waals surface area contributed by atoms with E-state index in [0.717, 1.165) is 4.47 Å². The largest absolute Gasteiger partial charge is 0.439 e. The summed E-state index contributed by atoms with van der Waals surface area (Å²) in [5.41, 5.74) is 0.591. The Kier molecular flexibility index (Phi) is 3.57. The molecule has 3 aromatic rings. The molecule has 0 radical (unpaired) electrons. The van der Waals surface area contributed by atoms with Gasteiger partial charge in [0.15, 0.2) is 5.65 Å². The van der Waals surface area contributed by atoms with Crippen LogP contribution in [-0.2, 0) is 4.79 Å². The Morgan fingerprint density at radius 1 is 1.24 bits per heavy atom. The van der Waals surface area contributed by atoms with E-state index < -0.39 is 0 Å². The number of nitrogens with zero attached hydrogens (tertiary/aromatic N) is 3. The molecule has 0 saturated carbocycles. The van der Waals surface area contributed by atoms with Crippen molar-refractivity contribution in [2.45, 2.75) is 6.92 Å². The number of anilines is 1. The van der Waals surface area contributed by atoms with Crippen molar-refractivity contribution in [1.82, 2.24) is 14.6 Å². The van der Waals surface area contributed by atoms with Gasteiger partial charge < -0.3 is 4.74 Å². The molecular formula is C14H11BrN4O2. The first kappa shape index (κ1) is 13.6. The van der Waals surface area contributed by atoms with Gasteiger partial charge in [0.05, 0.1) is 0 Å². The minimum Gasteiger partial charge on any atom is -0.439 e. The Morgan fingerprint density at radius 2 is 2.00 bits per heavy atom. The van der Waals surface area contributed by atoms with Gasteiger partial charge in [0.2, 0.25) is 17.7 Å². The summed E-state index contributed by atoms with van der Waals surface area (Å²) < 4.78 is 8.30. The van der Waals surface area contributed by atoms with Crippen molar-refractivity contribution in [2.24, 2.45) is 0 Å². The van der Waals surface area contributed by atoms with Gasteiger partial charge in [0.25, 0.3) is 0 Å². The summed E-state index contributed by atoms with van der Waals surface area (Å²) in [6, 6.07) is 12.8. The van der Waals surface area contributed by atoms with Crippen molar-refractivity contribution in [3.8, 4) is 11.6 Å². The molecule has 7 heteroatoms. The molecule has 1 aromatic carbocycles. The van der Waals surface area contributed by atoms with E-state index in [1.165, 1.54) is 11.4 Å². The molecule has 21 heavy (non-hydrogen) atoms. The third kappa shape index (κ3) is 3.03. The van der Waals surface area contributed by atoms with E-state index in [1.807, 2.05) is 30.3 Å². The number of benzene rings is 1. The first-order chi connectivity index (χ1) is 10.1. The van der Waals surface area contributed by atoms with E-state index in [2.05, 4.69) is 31.3 Å². The van der Waals surface area contributed by atoms with Crippen LogP contribution in [0.5, 0.6) is 11.6 Å². The number of fused-ring (bicyclic) bond motifs is 1. The lowest BCUT2D eigenvalue weighted by atomic mass is 10.3. The Labute approximate surface area is 128 Å². The standard InChI is InChI=1S/C14H11BrN4O2/c1-9(20)16-14-17-12-3-2-4-13(19(12)18-14)21-11-7-5-10(15)6-8-11/h2-8H,1H3,(H,16,18,20). The van der Waals surface area contributed by atoms with Gasteiger partial charge in [-0.2, -0.15) is 9.50 Å². The number of amides is 1. The molecule has 0 atom stereocenters. The molecule has 6 nitrogen and oxygen atoms in total. The summed E-state index contributed by atoms with van der Waals surface area (Å²) >= 11 is 3.37. The van der Waals surface area contributed by atoms with E-state index >= 15 is 0 Å². The van der Waals surface area contributed by atoms with E-state index in [4.69, 9.17) is 4.74 Å². The van der Waals surface area contributed by atoms with Crippen LogP contribution in [0.4, 0.5) is 5.95 Å². The van der Waals surface area contributed by atoms with Gasteiger partial charge in [0, 0.05) is 17.5 Å². The van der Waals surface area contributed by atoms with Gasteiger partial charge in [0.1, 0.15) is 5.75 Å². The zero-order chi connectivity index (χ0) is 14.8. The maximum Gasteiger partial charge on any atom is 0.249 e. The molecule has 0 aliphatic carbocycles. The second-order valence-electron chi connectivity index (χ2n) is 4.31. The van der Waals surface area contributed by atoms with Gasteiger partial charge in [-0.25, -0.2) is 0 Å². The van der Waals surface area contributed by atoms with E-state index in [1.54, 1.807) is 12.1 Å². The lowest BCUT2D eigenvalue weighted by molar-refractivity contribution is -0.114. The zero-order valence-corrected chi connectivity index (χ0v) is 12.7. The average Bonchev–Trinajstić information content (AvgIpc) is 2.84. The predicted molar refractivity (Wildman–Crippen MR) is 81.5 cm³/mol. The number of ether oxygens (including phenoxy) is 1. The number of aromatic nitrogens is 3. The zero-order valence-electron chi connectivity index (χ0n) is 11.1. The molecule has 2 heterocycles. The number of rotatable bonds is 3. The minimum atomic E-state index is -0.221. The maximum atomic E-state index is 11.1. The second-order valence-corrected chi connectivity index (χ2v) is 5.22. The first-order valence-corrected chi connectivity index (χ1v) is 6.98. The molecule has 0 saturated heterocycles. The molecule has 2 aromatic heterocycles. The van der Waals surface area contributed by atoms with E-state index in [0.29, 0.717) is 17.3 Å². The van der Waals surface area contributed by atoms with Crippen LogP contribution in [0.15, 0.2) is 46.9 Å². The lowest BCUT2D eigenvalue weighted by Crippen LogP contribution is -2.07. The third-order valence-electron chi connectivity index (χ3n) is 2.65. The van der Waals surface area contributed by atoms with Gasteiger partial charge in [-0.1, -0.05) is 22.0 Å². The summed E-state index contributed by atoms with van der Waals surface area (Å²) in [5, 5.41) is 6.75. The number of pyridine rings is 1. The summed E-state index contributed by atoms with van der Waals surface area (Å²) in [7, 11) is 0. The Balaban J connectivity index is 1.96. The van der Waals surface area contributed by atoms with Crippen LogP contribution in [0.1, 0.15) is 6.92 Å². The Hall–Kier alpha value is -2.41. The molecule has 106 valence electrons. The summed E-state index contributed by atoms with van der Waals surface area (Å²) in [4.78, 5) is 15.3. The van der Waals surface area contributed by atoms with Crippen LogP contribution in [0.3, 0.4) is 0 Å². The maximum absolute atomic E-state index is 11.1. The van der Waals surface area contributed by atoms with Crippen molar-refractivity contribution in [1.29, 1.82) is 0 Å². The van der Waals surface area contributed by atoms with Crippen molar-refractivity contribution < 1.29 is 9.53 Å². The first-order valence-electron chi connectivity index (χ1n) is 6.18. The van der Waals surface area contributed by atoms with Crippen molar-refractivity contribution >= 4 is 33.4 Å². The number of carbonyl (C=O) groups is 1. The summed E-state index contributed by atoms with van der Waals surface area (Å²) in [6.45, 7) is 1.41. The lowest BCUT2D eigenvalue weighted by Gasteiger charge is -2.06. The molecule has 0 fully saturated rings. The smallest absolute Gasteiger partial charge is 0.249 e. The number of halogens is 1. The fourth-order valence-electron chi connectivity index (χ4n) is 1.79. The van der Waals surface area contributed by atoms with Crippen molar-refractivity contribution in [3.63, 3.8) is 0 Å². The number of hydrogen-bond acceptors (Lipinski definition) is 4. The molecule has 0 bridgehead atoms. The molecule has 1 amide bonds. The molecular weight excluding hydrogens is 336 g/mol. The Bertz CT molecular complexity index is 798. The van der Waals surface area contributed by atoms with Crippen molar-refractivity contribution in [2.75, 3.05) is 5.32 Å². The molecule has 0 unspecified atom stereocenters. The summed E-state index contributed by atoms with van der Waals surface area (Å²) in [6.07, 6.45) is 0. The SMILES string of the molecule is CC(=O)Nc1nc2cccc(Oc3ccc(Br)cc3)n2n1. The van der Waals surface area contributed by atoms with E-state index in [9.17, 15) is 4.79 Å². The monoisotopic (exact) mass is 346 g/mol. The molecule has 0 spiro atoms. The van der Waals surface area contributed by atoms with Crippen LogP contribution in [0, 0.1) is 0 Å². The summed E-state index contributed by atoms with van der Waals surface area (Å²) in [5.74, 6) is 1.22. The van der Waals surface area contributed by atoms with Crippen LogP contribution >= 0.6 is 15.9 Å². The fourth-order valence-corrected chi connectivity index (χ4v) is 2.06. The minimum absolute atomic E-state index is 0.221. The number of carbonyl (C=O) groups excluding carboxylic acids is 1. The van der Waals surface area contributed by atoms with Gasteiger partial charge in [-0.15, -0.1) is 5.10 Å². The molecule has 3 rings (SSSR count). The van der Waals surface area contributed by atoms with Gasteiger partial charge >= 0.3 is 0 Å². The fraction of sp³-hybridized carbons (Fsp3) is 0.0714. The quantitative estimate of drug-likeness (QED) is 0.790. The van der Waals surface area contributed by atoms with Crippen LogP contribution in [0.25, 0.3) is 5.65 Å². The highest BCUT2D eigenvalue weighted by atomic mass is 79.9. The van der Waals surface area contributed by atoms with Gasteiger partial charge in [-0.3, -0.25) is 10.1 Å². The average molecular weight is 347 g/mol. The normalized spacial score (nSPS) is 10.6. The molecule has 0 aliphatic rings. The number of nitrogens with one attached hydrogen (secondary N) is 1. The van der Waals surface area contributed by atoms with Crippen molar-refractivity contribution in [3.05, 3.63) is 46.9 Å². The highest BCUT2D eigenvalue weighted by Gasteiger charge is 2.09. The topological polar surface area (TPSA) is 68.5 Å². The predicted octanol–water partition coefficient (Wildman–Crippen LogP) is 3.24. The highest BCUT2D eigenvalue weighted by molar-refractivity contribution is 9.10. The Morgan fingerprint density at radius 3 is 2.71 bits per heavy atom. The number of hydrogen-bond donors (Lipinski definition) is 1. The van der Waals surface area contributed by atoms with Crippen LogP contribution in [0.2, 0.25) is 0 Å². The van der Waals surface area contributed by atoms with Crippen LogP contribution in [-0.4, -0.2) is 20.5 Å². The molecule has 0 aliphatic heterocycles. The highest BCUT2D eigenvalue weighted by Crippen LogP contribution is 2.24. The molecule has 1 N–H and O–H groups in total. The third-order valence-corrected chi connectivity index (χ3v) is 3.18. The van der Waals surface area contributed by atoms with E-state index in [-0.39, 0.29) is 11.9 Å². The van der Waals surface area contributed by atoms with Crippen LogP contribution < -0.4 is 10.1 Å². The second kappa shape index (κ2) is 5.53. The van der Waals surface area contributed by atoms with Gasteiger partial charge in [-0.05, 0) is 30.3 Å².